The Labute approximate surface area is 136 Å². The Hall–Kier alpha value is -2.07. The van der Waals surface area contributed by atoms with Crippen LogP contribution in [0.2, 0.25) is 0 Å². The highest BCUT2D eigenvalue weighted by Crippen LogP contribution is 2.30. The molecule has 0 N–H and O–H groups in total. The number of rotatable bonds is 4. The third-order valence-electron chi connectivity index (χ3n) is 4.91. The van der Waals surface area contributed by atoms with Crippen LogP contribution in [0.4, 0.5) is 0 Å². The van der Waals surface area contributed by atoms with Crippen LogP contribution < -0.4 is 0 Å². The third kappa shape index (κ3) is 2.79. The zero-order valence-corrected chi connectivity index (χ0v) is 13.8. The summed E-state index contributed by atoms with van der Waals surface area (Å²) in [6, 6.07) is 9.17. The third-order valence-corrected chi connectivity index (χ3v) is 4.91. The second-order valence-electron chi connectivity index (χ2n) is 6.64. The topological polar surface area (TPSA) is 34.2 Å². The first-order valence-electron chi connectivity index (χ1n) is 8.44. The molecule has 3 heterocycles. The molecule has 0 bridgehead atoms. The lowest BCUT2D eigenvalue weighted by molar-refractivity contribution is 0.266. The standard InChI is InChI=1S/C19H23N3O/c1-14-5-4-9-22(14)10-8-16-11-15-6-3-7-17(19(15)23-16)18-12-21(2)13-20-18/h3,6-7,11-14H,4-5,8-10H2,1-2H3. The molecule has 0 saturated carbocycles. The molecule has 1 aromatic carbocycles. The van der Waals surface area contributed by atoms with Crippen LogP contribution in [-0.4, -0.2) is 33.6 Å². The lowest BCUT2D eigenvalue weighted by atomic mass is 10.1. The summed E-state index contributed by atoms with van der Waals surface area (Å²) in [6.07, 6.45) is 7.48. The van der Waals surface area contributed by atoms with Gasteiger partial charge in [-0.2, -0.15) is 0 Å². The van der Waals surface area contributed by atoms with E-state index in [4.69, 9.17) is 4.42 Å². The maximum Gasteiger partial charge on any atom is 0.143 e. The second kappa shape index (κ2) is 5.85. The van der Waals surface area contributed by atoms with Gasteiger partial charge in [-0.05, 0) is 38.4 Å². The second-order valence-corrected chi connectivity index (χ2v) is 6.64. The highest BCUT2D eigenvalue weighted by atomic mass is 16.3. The minimum atomic E-state index is 0.712. The highest BCUT2D eigenvalue weighted by Gasteiger charge is 2.20. The van der Waals surface area contributed by atoms with Gasteiger partial charge in [-0.3, -0.25) is 0 Å². The Morgan fingerprint density at radius 1 is 1.35 bits per heavy atom. The van der Waals surface area contributed by atoms with Crippen molar-refractivity contribution in [2.24, 2.45) is 7.05 Å². The summed E-state index contributed by atoms with van der Waals surface area (Å²) in [5.74, 6) is 1.07. The van der Waals surface area contributed by atoms with E-state index in [9.17, 15) is 0 Å². The van der Waals surface area contributed by atoms with E-state index in [1.165, 1.54) is 19.4 Å². The predicted octanol–water partition coefficient (Wildman–Crippen LogP) is 3.86. The molecule has 2 aromatic heterocycles. The van der Waals surface area contributed by atoms with Crippen molar-refractivity contribution in [2.75, 3.05) is 13.1 Å². The summed E-state index contributed by atoms with van der Waals surface area (Å²) in [7, 11) is 1.99. The molecular weight excluding hydrogens is 286 g/mol. The quantitative estimate of drug-likeness (QED) is 0.734. The van der Waals surface area contributed by atoms with Crippen molar-refractivity contribution in [1.29, 1.82) is 0 Å². The molecule has 3 aromatic rings. The number of para-hydroxylation sites is 1. The first-order chi connectivity index (χ1) is 11.2. The molecule has 0 amide bonds. The van der Waals surface area contributed by atoms with Gasteiger partial charge in [-0.1, -0.05) is 12.1 Å². The Bertz CT molecular complexity index is 817. The van der Waals surface area contributed by atoms with Crippen molar-refractivity contribution in [1.82, 2.24) is 14.5 Å². The van der Waals surface area contributed by atoms with Crippen LogP contribution in [0.5, 0.6) is 0 Å². The van der Waals surface area contributed by atoms with Gasteiger partial charge < -0.3 is 13.9 Å². The van der Waals surface area contributed by atoms with Gasteiger partial charge in [0.1, 0.15) is 11.3 Å². The van der Waals surface area contributed by atoms with Crippen LogP contribution in [0.3, 0.4) is 0 Å². The van der Waals surface area contributed by atoms with Crippen molar-refractivity contribution in [2.45, 2.75) is 32.2 Å². The van der Waals surface area contributed by atoms with Gasteiger partial charge in [0.25, 0.3) is 0 Å². The smallest absolute Gasteiger partial charge is 0.143 e. The molecule has 0 aliphatic carbocycles. The maximum absolute atomic E-state index is 6.18. The molecule has 4 nitrogen and oxygen atoms in total. The van der Waals surface area contributed by atoms with E-state index in [1.807, 2.05) is 24.1 Å². The van der Waals surface area contributed by atoms with Gasteiger partial charge in [0.2, 0.25) is 0 Å². The van der Waals surface area contributed by atoms with Crippen molar-refractivity contribution < 1.29 is 4.42 Å². The largest absolute Gasteiger partial charge is 0.460 e. The van der Waals surface area contributed by atoms with E-state index >= 15 is 0 Å². The van der Waals surface area contributed by atoms with Gasteiger partial charge in [-0.25, -0.2) is 4.98 Å². The molecule has 0 spiro atoms. The molecule has 23 heavy (non-hydrogen) atoms. The number of aromatic nitrogens is 2. The zero-order valence-electron chi connectivity index (χ0n) is 13.8. The van der Waals surface area contributed by atoms with Gasteiger partial charge in [0.15, 0.2) is 0 Å². The van der Waals surface area contributed by atoms with Gasteiger partial charge in [-0.15, -0.1) is 0 Å². The fourth-order valence-electron chi connectivity index (χ4n) is 3.57. The van der Waals surface area contributed by atoms with Crippen molar-refractivity contribution in [3.8, 4) is 11.3 Å². The first-order valence-corrected chi connectivity index (χ1v) is 8.44. The highest BCUT2D eigenvalue weighted by molar-refractivity contribution is 5.91. The molecule has 4 rings (SSSR count). The number of furan rings is 1. The van der Waals surface area contributed by atoms with Crippen LogP contribution in [0, 0.1) is 0 Å². The molecule has 1 unspecified atom stereocenters. The molecule has 4 heteroatoms. The fourth-order valence-corrected chi connectivity index (χ4v) is 3.57. The summed E-state index contributed by atoms with van der Waals surface area (Å²) < 4.78 is 8.15. The summed E-state index contributed by atoms with van der Waals surface area (Å²) in [5, 5.41) is 1.16. The summed E-state index contributed by atoms with van der Waals surface area (Å²) in [6.45, 7) is 4.63. The average Bonchev–Trinajstić information content (AvgIpc) is 3.24. The lowest BCUT2D eigenvalue weighted by Crippen LogP contribution is -2.28. The molecule has 120 valence electrons. The number of likely N-dealkylation sites (tertiary alicyclic amines) is 1. The summed E-state index contributed by atoms with van der Waals surface area (Å²) in [5.41, 5.74) is 2.99. The van der Waals surface area contributed by atoms with E-state index in [1.54, 1.807) is 0 Å². The number of hydrogen-bond donors (Lipinski definition) is 0. The minimum Gasteiger partial charge on any atom is -0.460 e. The Balaban J connectivity index is 1.60. The van der Waals surface area contributed by atoms with Gasteiger partial charge in [0, 0.05) is 43.2 Å². The van der Waals surface area contributed by atoms with Crippen molar-refractivity contribution in [3.05, 3.63) is 42.5 Å². The van der Waals surface area contributed by atoms with Crippen LogP contribution in [0.25, 0.3) is 22.2 Å². The number of fused-ring (bicyclic) bond motifs is 1. The Kier molecular flexibility index (Phi) is 3.69. The van der Waals surface area contributed by atoms with E-state index in [2.05, 4.69) is 41.1 Å². The van der Waals surface area contributed by atoms with Gasteiger partial charge in [0.05, 0.1) is 12.0 Å². The van der Waals surface area contributed by atoms with Crippen LogP contribution in [0.15, 0.2) is 41.2 Å². The number of benzene rings is 1. The van der Waals surface area contributed by atoms with Crippen LogP contribution in [0.1, 0.15) is 25.5 Å². The average molecular weight is 309 g/mol. The normalized spacial score (nSPS) is 19.0. The molecular formula is C19H23N3O. The predicted molar refractivity (Wildman–Crippen MR) is 92.4 cm³/mol. The van der Waals surface area contributed by atoms with Gasteiger partial charge >= 0.3 is 0 Å². The first kappa shape index (κ1) is 14.5. The van der Waals surface area contributed by atoms with E-state index in [0.717, 1.165) is 41.0 Å². The SMILES string of the molecule is CC1CCCN1CCc1cc2cccc(-c3cn(C)cn3)c2o1. The number of hydrogen-bond acceptors (Lipinski definition) is 3. The Morgan fingerprint density at radius 2 is 2.26 bits per heavy atom. The van der Waals surface area contributed by atoms with Crippen LogP contribution >= 0.6 is 0 Å². The molecule has 0 radical (unpaired) electrons. The van der Waals surface area contributed by atoms with E-state index < -0.39 is 0 Å². The molecule has 1 saturated heterocycles. The summed E-state index contributed by atoms with van der Waals surface area (Å²) >= 11 is 0. The molecule has 1 atom stereocenters. The van der Waals surface area contributed by atoms with E-state index in [-0.39, 0.29) is 0 Å². The Morgan fingerprint density at radius 3 is 3.00 bits per heavy atom. The lowest BCUT2D eigenvalue weighted by Gasteiger charge is -2.19. The zero-order chi connectivity index (χ0) is 15.8. The minimum absolute atomic E-state index is 0.712. The monoisotopic (exact) mass is 309 g/mol. The maximum atomic E-state index is 6.18. The summed E-state index contributed by atoms with van der Waals surface area (Å²) in [4.78, 5) is 7.02. The van der Waals surface area contributed by atoms with Crippen LogP contribution in [-0.2, 0) is 13.5 Å². The molecule has 1 aliphatic heterocycles. The fraction of sp³-hybridized carbons (Fsp3) is 0.421. The number of imidazole rings is 1. The van der Waals surface area contributed by atoms with E-state index in [0.29, 0.717) is 6.04 Å². The number of nitrogens with zero attached hydrogens (tertiary/aromatic N) is 3. The molecule has 1 fully saturated rings. The van der Waals surface area contributed by atoms with Crippen molar-refractivity contribution >= 4 is 11.0 Å². The molecule has 1 aliphatic rings. The number of aryl methyl sites for hydroxylation is 1. The van der Waals surface area contributed by atoms with Crippen molar-refractivity contribution in [3.63, 3.8) is 0 Å².